The van der Waals surface area contributed by atoms with Crippen molar-refractivity contribution in [3.8, 4) is 0 Å². The Balaban J connectivity index is 2.18. The first-order valence-electron chi connectivity index (χ1n) is 6.47. The van der Waals surface area contributed by atoms with Gasteiger partial charge in [0, 0.05) is 17.9 Å². The van der Waals surface area contributed by atoms with E-state index in [1.165, 1.54) is 9.13 Å². The van der Waals surface area contributed by atoms with Crippen LogP contribution in [0.3, 0.4) is 0 Å². The van der Waals surface area contributed by atoms with Crippen LogP contribution in [0.1, 0.15) is 18.9 Å². The van der Waals surface area contributed by atoms with Crippen LogP contribution in [0.5, 0.6) is 0 Å². The summed E-state index contributed by atoms with van der Waals surface area (Å²) in [6.07, 6.45) is 0.205. The van der Waals surface area contributed by atoms with Crippen LogP contribution in [-0.2, 0) is 16.6 Å². The van der Waals surface area contributed by atoms with Crippen LogP contribution in [0, 0.1) is 0 Å². The van der Waals surface area contributed by atoms with Gasteiger partial charge in [0.25, 0.3) is 5.91 Å². The van der Waals surface area contributed by atoms with Gasteiger partial charge in [-0.2, -0.15) is 4.31 Å². The van der Waals surface area contributed by atoms with E-state index < -0.39 is 30.2 Å². The zero-order valence-corrected chi connectivity index (χ0v) is 13.9. The van der Waals surface area contributed by atoms with Gasteiger partial charge in [-0.3, -0.25) is 18.7 Å². The fourth-order valence-electron chi connectivity index (χ4n) is 2.69. The van der Waals surface area contributed by atoms with Crippen LogP contribution >= 0.6 is 28.3 Å². The van der Waals surface area contributed by atoms with Gasteiger partial charge in [-0.25, -0.2) is 4.79 Å². The van der Waals surface area contributed by atoms with E-state index in [-0.39, 0.29) is 18.5 Å². The Labute approximate surface area is 137 Å². The Morgan fingerprint density at radius 2 is 2.00 bits per heavy atom. The molecular formula is C13H11BrFN3O3S. The number of hydrogen-bond donors (Lipinski definition) is 0. The van der Waals surface area contributed by atoms with Crippen molar-refractivity contribution in [3.63, 3.8) is 0 Å². The van der Waals surface area contributed by atoms with Crippen molar-refractivity contribution < 1.29 is 13.5 Å². The molecule has 2 heterocycles. The lowest BCUT2D eigenvalue weighted by Crippen LogP contribution is -2.43. The first kappa shape index (κ1) is 15.3. The number of carbonyl (C=O) groups is 2. The molecule has 2 amide bonds. The number of halogens is 2. The van der Waals surface area contributed by atoms with Crippen LogP contribution in [0.25, 0.3) is 11.0 Å². The number of aryl methyl sites for hydroxylation is 1. The molecule has 1 fully saturated rings. The summed E-state index contributed by atoms with van der Waals surface area (Å²) in [5.41, 5.74) is 0.861. The average Bonchev–Trinajstić information content (AvgIpc) is 2.72. The first-order valence-corrected chi connectivity index (χ1v) is 7.94. The maximum absolute atomic E-state index is 12.8. The maximum atomic E-state index is 12.8. The lowest BCUT2D eigenvalue weighted by molar-refractivity contribution is -0.143. The van der Waals surface area contributed by atoms with E-state index in [4.69, 9.17) is 0 Å². The molecule has 0 bridgehead atoms. The molecule has 9 heteroatoms. The molecule has 6 nitrogen and oxygen atoms in total. The van der Waals surface area contributed by atoms with Gasteiger partial charge in [-0.1, -0.05) is 15.9 Å². The second-order valence-corrected chi connectivity index (χ2v) is 6.41. The Morgan fingerprint density at radius 1 is 1.27 bits per heavy atom. The molecule has 1 unspecified atom stereocenters. The van der Waals surface area contributed by atoms with Gasteiger partial charge in [0.2, 0.25) is 5.91 Å². The van der Waals surface area contributed by atoms with E-state index in [2.05, 4.69) is 15.9 Å². The number of piperidine rings is 1. The minimum atomic E-state index is -0.877. The summed E-state index contributed by atoms with van der Waals surface area (Å²) < 4.78 is 16.9. The number of carbonyl (C=O) groups excluding carboxylic acids is 2. The normalized spacial score (nSPS) is 19.2. The van der Waals surface area contributed by atoms with E-state index in [1.54, 1.807) is 25.2 Å². The van der Waals surface area contributed by atoms with E-state index in [1.807, 2.05) is 0 Å². The zero-order chi connectivity index (χ0) is 16.0. The molecule has 1 aromatic heterocycles. The van der Waals surface area contributed by atoms with Crippen LogP contribution < -0.4 is 5.69 Å². The Hall–Kier alpha value is -1.61. The molecule has 2 aromatic rings. The molecule has 0 radical (unpaired) electrons. The highest BCUT2D eigenvalue weighted by Gasteiger charge is 2.38. The van der Waals surface area contributed by atoms with Gasteiger partial charge in [-0.05, 0) is 24.6 Å². The quantitative estimate of drug-likeness (QED) is 0.585. The molecule has 1 aromatic carbocycles. The standard InChI is InChI=1S/C13H11BrFN3O3S/c1-16-10-6-7(14)2-3-8(10)17(13(16)21)9-4-5-11(19)18(22-15)12(9)20/h2-3,6,9H,4-5H2,1H3. The van der Waals surface area contributed by atoms with Crippen LogP contribution in [-0.4, -0.2) is 25.3 Å². The Kier molecular flexibility index (Phi) is 3.85. The molecule has 1 atom stereocenters. The molecule has 1 saturated heterocycles. The molecule has 22 heavy (non-hydrogen) atoms. The summed E-state index contributed by atoms with van der Waals surface area (Å²) in [7, 11) is 1.60. The number of nitrogens with zero attached hydrogens (tertiary/aromatic N) is 3. The monoisotopic (exact) mass is 387 g/mol. The number of benzene rings is 1. The molecule has 116 valence electrons. The molecule has 0 saturated carbocycles. The van der Waals surface area contributed by atoms with Gasteiger partial charge in [0.05, 0.1) is 11.0 Å². The fraction of sp³-hybridized carbons (Fsp3) is 0.308. The summed E-state index contributed by atoms with van der Waals surface area (Å²) in [5.74, 6) is -1.29. The number of imidazole rings is 1. The zero-order valence-electron chi connectivity index (χ0n) is 11.5. The van der Waals surface area contributed by atoms with Crippen molar-refractivity contribution in [2.45, 2.75) is 18.9 Å². The number of fused-ring (bicyclic) bond motifs is 1. The number of amides is 2. The predicted octanol–water partition coefficient (Wildman–Crippen LogP) is 2.33. The smallest absolute Gasteiger partial charge is 0.295 e. The second-order valence-electron chi connectivity index (χ2n) is 4.99. The van der Waals surface area contributed by atoms with E-state index in [0.717, 1.165) is 4.47 Å². The number of aromatic nitrogens is 2. The van der Waals surface area contributed by atoms with Crippen molar-refractivity contribution in [2.24, 2.45) is 7.05 Å². The summed E-state index contributed by atoms with van der Waals surface area (Å²) in [6.45, 7) is 0. The molecule has 0 aliphatic carbocycles. The Morgan fingerprint density at radius 3 is 2.68 bits per heavy atom. The van der Waals surface area contributed by atoms with Gasteiger partial charge in [-0.15, -0.1) is 3.89 Å². The van der Waals surface area contributed by atoms with Gasteiger partial charge in [0.1, 0.15) is 6.04 Å². The SMILES string of the molecule is Cn1c(=O)n(C2CCC(=O)N(SF)C2=O)c2ccc(Br)cc21. The number of hydrogen-bond acceptors (Lipinski definition) is 4. The number of rotatable bonds is 2. The highest BCUT2D eigenvalue weighted by molar-refractivity contribution is 9.10. The molecular weight excluding hydrogens is 377 g/mol. The average molecular weight is 388 g/mol. The van der Waals surface area contributed by atoms with E-state index in [9.17, 15) is 18.3 Å². The molecule has 1 aliphatic rings. The van der Waals surface area contributed by atoms with Crippen molar-refractivity contribution >= 4 is 51.1 Å². The topological polar surface area (TPSA) is 64.3 Å². The molecule has 0 spiro atoms. The summed E-state index contributed by atoms with van der Waals surface area (Å²) in [5, 5.41) is 0. The van der Waals surface area contributed by atoms with E-state index >= 15 is 0 Å². The highest BCUT2D eigenvalue weighted by atomic mass is 79.9. The predicted molar refractivity (Wildman–Crippen MR) is 83.7 cm³/mol. The third-order valence-electron chi connectivity index (χ3n) is 3.78. The van der Waals surface area contributed by atoms with Crippen molar-refractivity contribution in [1.82, 2.24) is 13.4 Å². The van der Waals surface area contributed by atoms with Crippen LogP contribution in [0.2, 0.25) is 0 Å². The molecule has 0 N–H and O–H groups in total. The molecule has 3 rings (SSSR count). The summed E-state index contributed by atoms with van der Waals surface area (Å²) >= 11 is 2.92. The van der Waals surface area contributed by atoms with Gasteiger partial charge in [0.15, 0.2) is 12.3 Å². The van der Waals surface area contributed by atoms with Gasteiger partial charge >= 0.3 is 5.69 Å². The van der Waals surface area contributed by atoms with Crippen LogP contribution in [0.4, 0.5) is 3.89 Å². The second kappa shape index (κ2) is 5.54. The van der Waals surface area contributed by atoms with E-state index in [0.29, 0.717) is 15.3 Å². The maximum Gasteiger partial charge on any atom is 0.329 e. The minimum absolute atomic E-state index is 0.0205. The van der Waals surface area contributed by atoms with Crippen molar-refractivity contribution in [2.75, 3.05) is 0 Å². The molecule has 1 aliphatic heterocycles. The minimum Gasteiger partial charge on any atom is -0.295 e. The van der Waals surface area contributed by atoms with Crippen molar-refractivity contribution in [3.05, 3.63) is 33.2 Å². The number of imide groups is 1. The first-order chi connectivity index (χ1) is 10.5. The lowest BCUT2D eigenvalue weighted by Gasteiger charge is -2.27. The largest absolute Gasteiger partial charge is 0.329 e. The Bertz CT molecular complexity index is 847. The fourth-order valence-corrected chi connectivity index (χ4v) is 3.40. The third-order valence-corrected chi connectivity index (χ3v) is 4.79. The third kappa shape index (κ3) is 2.19. The van der Waals surface area contributed by atoms with Crippen LogP contribution in [0.15, 0.2) is 27.5 Å². The summed E-state index contributed by atoms with van der Waals surface area (Å²) in [6, 6.07) is 4.38. The van der Waals surface area contributed by atoms with Crippen molar-refractivity contribution in [1.29, 1.82) is 0 Å². The van der Waals surface area contributed by atoms with Gasteiger partial charge < -0.3 is 0 Å². The summed E-state index contributed by atoms with van der Waals surface area (Å²) in [4.78, 5) is 36.3. The highest BCUT2D eigenvalue weighted by Crippen LogP contribution is 2.31. The lowest BCUT2D eigenvalue weighted by atomic mass is 10.1.